The highest BCUT2D eigenvalue weighted by Gasteiger charge is 2.12. The number of phenolic OH excluding ortho intramolecular Hbond substituents is 1. The standard InChI is InChI=1S/C18H24O3/c1-3-5-6-9-12-21-16-13-17(20-4-2)18(19)15-11-8-7-10-14(15)16/h7-8,10-11,13,19H,3-6,9,12H2,1-2H3. The van der Waals surface area contributed by atoms with Gasteiger partial charge in [-0.05, 0) is 13.3 Å². The molecule has 0 aliphatic rings. The molecule has 0 fully saturated rings. The molecule has 114 valence electrons. The molecule has 0 aromatic heterocycles. The molecule has 0 aliphatic carbocycles. The molecule has 0 saturated carbocycles. The van der Waals surface area contributed by atoms with Crippen molar-refractivity contribution in [3.05, 3.63) is 30.3 Å². The summed E-state index contributed by atoms with van der Waals surface area (Å²) in [6.07, 6.45) is 4.69. The minimum atomic E-state index is 0.186. The van der Waals surface area contributed by atoms with Crippen molar-refractivity contribution in [2.24, 2.45) is 0 Å². The summed E-state index contributed by atoms with van der Waals surface area (Å²) in [4.78, 5) is 0. The zero-order valence-corrected chi connectivity index (χ0v) is 12.9. The van der Waals surface area contributed by atoms with E-state index in [1.807, 2.05) is 31.2 Å². The molecule has 0 amide bonds. The number of phenols is 1. The average Bonchev–Trinajstić information content (AvgIpc) is 2.51. The Bertz CT molecular complexity index is 578. The molecule has 0 bridgehead atoms. The highest BCUT2D eigenvalue weighted by molar-refractivity contribution is 5.95. The number of fused-ring (bicyclic) bond motifs is 1. The first kappa shape index (κ1) is 15.5. The maximum absolute atomic E-state index is 10.3. The number of hydrogen-bond donors (Lipinski definition) is 1. The van der Waals surface area contributed by atoms with Crippen molar-refractivity contribution in [1.29, 1.82) is 0 Å². The van der Waals surface area contributed by atoms with E-state index in [9.17, 15) is 5.11 Å². The number of ether oxygens (including phenoxy) is 2. The molecule has 0 radical (unpaired) electrons. The number of aromatic hydroxyl groups is 1. The smallest absolute Gasteiger partial charge is 0.165 e. The minimum Gasteiger partial charge on any atom is -0.504 e. The van der Waals surface area contributed by atoms with Crippen LogP contribution in [0.15, 0.2) is 30.3 Å². The lowest BCUT2D eigenvalue weighted by atomic mass is 10.1. The third-order valence-electron chi connectivity index (χ3n) is 3.50. The molecule has 0 unspecified atom stereocenters. The van der Waals surface area contributed by atoms with E-state index < -0.39 is 0 Å². The Labute approximate surface area is 126 Å². The minimum absolute atomic E-state index is 0.186. The fourth-order valence-electron chi connectivity index (χ4n) is 2.40. The van der Waals surface area contributed by atoms with Gasteiger partial charge in [-0.1, -0.05) is 50.5 Å². The van der Waals surface area contributed by atoms with Gasteiger partial charge in [-0.25, -0.2) is 0 Å². The third-order valence-corrected chi connectivity index (χ3v) is 3.50. The Morgan fingerprint density at radius 1 is 0.905 bits per heavy atom. The van der Waals surface area contributed by atoms with Crippen LogP contribution in [0.5, 0.6) is 17.2 Å². The highest BCUT2D eigenvalue weighted by Crippen LogP contribution is 2.40. The van der Waals surface area contributed by atoms with Crippen molar-refractivity contribution < 1.29 is 14.6 Å². The molecule has 0 heterocycles. The normalized spacial score (nSPS) is 10.8. The van der Waals surface area contributed by atoms with Crippen LogP contribution in [-0.2, 0) is 0 Å². The molecule has 2 aromatic carbocycles. The second-order valence-corrected chi connectivity index (χ2v) is 5.11. The summed E-state index contributed by atoms with van der Waals surface area (Å²) in [6.45, 7) is 5.31. The van der Waals surface area contributed by atoms with Gasteiger partial charge in [0.15, 0.2) is 11.5 Å². The molecule has 0 atom stereocenters. The summed E-state index contributed by atoms with van der Waals surface area (Å²) >= 11 is 0. The van der Waals surface area contributed by atoms with Gasteiger partial charge in [0.25, 0.3) is 0 Å². The molecule has 0 spiro atoms. The second kappa shape index (κ2) is 7.77. The van der Waals surface area contributed by atoms with Gasteiger partial charge in [-0.2, -0.15) is 0 Å². The van der Waals surface area contributed by atoms with Crippen molar-refractivity contribution >= 4 is 10.8 Å². The van der Waals surface area contributed by atoms with E-state index in [1.54, 1.807) is 6.07 Å². The fourth-order valence-corrected chi connectivity index (χ4v) is 2.40. The largest absolute Gasteiger partial charge is 0.504 e. The van der Waals surface area contributed by atoms with Crippen LogP contribution in [0.3, 0.4) is 0 Å². The summed E-state index contributed by atoms with van der Waals surface area (Å²) in [6, 6.07) is 9.50. The topological polar surface area (TPSA) is 38.7 Å². The van der Waals surface area contributed by atoms with E-state index in [2.05, 4.69) is 6.92 Å². The Hall–Kier alpha value is -1.90. The quantitative estimate of drug-likeness (QED) is 0.702. The van der Waals surface area contributed by atoms with Crippen LogP contribution in [0.25, 0.3) is 10.8 Å². The zero-order chi connectivity index (χ0) is 15.1. The number of unbranched alkanes of at least 4 members (excludes halogenated alkanes) is 3. The molecular weight excluding hydrogens is 264 g/mol. The molecule has 0 saturated heterocycles. The molecular formula is C18H24O3. The van der Waals surface area contributed by atoms with Gasteiger partial charge >= 0.3 is 0 Å². The number of benzene rings is 2. The van der Waals surface area contributed by atoms with Crippen molar-refractivity contribution in [3.8, 4) is 17.2 Å². The maximum Gasteiger partial charge on any atom is 0.165 e. The molecule has 3 nitrogen and oxygen atoms in total. The van der Waals surface area contributed by atoms with E-state index in [-0.39, 0.29) is 5.75 Å². The van der Waals surface area contributed by atoms with Crippen LogP contribution in [0.1, 0.15) is 39.5 Å². The van der Waals surface area contributed by atoms with Crippen LogP contribution in [0, 0.1) is 0 Å². The lowest BCUT2D eigenvalue weighted by Crippen LogP contribution is -1.99. The summed E-state index contributed by atoms with van der Waals surface area (Å²) in [5.41, 5.74) is 0. The lowest BCUT2D eigenvalue weighted by molar-refractivity contribution is 0.297. The van der Waals surface area contributed by atoms with Gasteiger partial charge in [-0.15, -0.1) is 0 Å². The predicted molar refractivity (Wildman–Crippen MR) is 86.4 cm³/mol. The molecule has 2 rings (SSSR count). The molecule has 3 heteroatoms. The Morgan fingerprint density at radius 3 is 2.38 bits per heavy atom. The summed E-state index contributed by atoms with van der Waals surface area (Å²) in [5, 5.41) is 12.0. The average molecular weight is 288 g/mol. The van der Waals surface area contributed by atoms with Crippen LogP contribution in [-0.4, -0.2) is 18.3 Å². The molecule has 21 heavy (non-hydrogen) atoms. The SMILES string of the molecule is CCCCCCOc1cc(OCC)c(O)c2ccccc12. The Kier molecular flexibility index (Phi) is 5.73. The van der Waals surface area contributed by atoms with E-state index >= 15 is 0 Å². The lowest BCUT2D eigenvalue weighted by Gasteiger charge is -2.14. The Morgan fingerprint density at radius 2 is 1.67 bits per heavy atom. The second-order valence-electron chi connectivity index (χ2n) is 5.11. The first-order valence-corrected chi connectivity index (χ1v) is 7.78. The molecule has 2 aromatic rings. The van der Waals surface area contributed by atoms with Gasteiger partial charge < -0.3 is 14.6 Å². The van der Waals surface area contributed by atoms with Crippen molar-refractivity contribution in [2.45, 2.75) is 39.5 Å². The number of hydrogen-bond acceptors (Lipinski definition) is 3. The highest BCUT2D eigenvalue weighted by atomic mass is 16.5. The van der Waals surface area contributed by atoms with Gasteiger partial charge in [0.2, 0.25) is 0 Å². The first-order valence-electron chi connectivity index (χ1n) is 7.78. The summed E-state index contributed by atoms with van der Waals surface area (Å²) in [5.74, 6) is 1.45. The van der Waals surface area contributed by atoms with Crippen molar-refractivity contribution in [3.63, 3.8) is 0 Å². The third kappa shape index (κ3) is 3.81. The van der Waals surface area contributed by atoms with E-state index in [4.69, 9.17) is 9.47 Å². The van der Waals surface area contributed by atoms with Crippen LogP contribution in [0.2, 0.25) is 0 Å². The predicted octanol–water partition coefficient (Wildman–Crippen LogP) is 4.90. The maximum atomic E-state index is 10.3. The van der Waals surface area contributed by atoms with Gasteiger partial charge in [0, 0.05) is 16.8 Å². The van der Waals surface area contributed by atoms with Crippen LogP contribution >= 0.6 is 0 Å². The Balaban J connectivity index is 2.22. The van der Waals surface area contributed by atoms with Crippen molar-refractivity contribution in [1.82, 2.24) is 0 Å². The van der Waals surface area contributed by atoms with E-state index in [0.29, 0.717) is 19.0 Å². The zero-order valence-electron chi connectivity index (χ0n) is 12.9. The fraction of sp³-hybridized carbons (Fsp3) is 0.444. The van der Waals surface area contributed by atoms with Gasteiger partial charge in [0.1, 0.15) is 5.75 Å². The summed E-state index contributed by atoms with van der Waals surface area (Å²) in [7, 11) is 0. The van der Waals surface area contributed by atoms with E-state index in [0.717, 1.165) is 22.9 Å². The summed E-state index contributed by atoms with van der Waals surface area (Å²) < 4.78 is 11.4. The van der Waals surface area contributed by atoms with Gasteiger partial charge in [-0.3, -0.25) is 0 Å². The first-order chi connectivity index (χ1) is 10.3. The molecule has 0 aliphatic heterocycles. The number of rotatable bonds is 8. The van der Waals surface area contributed by atoms with Crippen LogP contribution < -0.4 is 9.47 Å². The van der Waals surface area contributed by atoms with E-state index in [1.165, 1.54) is 19.3 Å². The van der Waals surface area contributed by atoms with Crippen LogP contribution in [0.4, 0.5) is 0 Å². The molecule has 1 N–H and O–H groups in total. The van der Waals surface area contributed by atoms with Gasteiger partial charge in [0.05, 0.1) is 13.2 Å². The van der Waals surface area contributed by atoms with Crippen molar-refractivity contribution in [2.75, 3.05) is 13.2 Å². The monoisotopic (exact) mass is 288 g/mol.